The molecule has 96 valence electrons. The van der Waals surface area contributed by atoms with Gasteiger partial charge in [0.1, 0.15) is 0 Å². The number of aliphatic hydroxyl groups is 1. The summed E-state index contributed by atoms with van der Waals surface area (Å²) < 4.78 is 30.9. The molecule has 0 spiro atoms. The predicted octanol–water partition coefficient (Wildman–Crippen LogP) is 0.103. The van der Waals surface area contributed by atoms with Crippen LogP contribution in [0.2, 0.25) is 0 Å². The molecule has 0 aromatic rings. The van der Waals surface area contributed by atoms with Gasteiger partial charge in [-0.3, -0.25) is 0 Å². The average Bonchev–Trinajstić information content (AvgIpc) is 2.69. The third-order valence-electron chi connectivity index (χ3n) is 2.75. The number of hydrogen-bond acceptors (Lipinski definition) is 4. The first-order valence-electron chi connectivity index (χ1n) is 5.76. The second kappa shape index (κ2) is 6.54. The molecule has 0 aromatic heterocycles. The van der Waals surface area contributed by atoms with Crippen molar-refractivity contribution in [1.82, 2.24) is 4.72 Å². The van der Waals surface area contributed by atoms with Gasteiger partial charge in [0, 0.05) is 13.2 Å². The largest absolute Gasteiger partial charge is 0.393 e. The molecule has 5 nitrogen and oxygen atoms in total. The summed E-state index contributed by atoms with van der Waals surface area (Å²) in [6.45, 7) is 3.38. The minimum absolute atomic E-state index is 0.119. The van der Waals surface area contributed by atoms with Crippen LogP contribution >= 0.6 is 0 Å². The van der Waals surface area contributed by atoms with Crippen LogP contribution in [-0.2, 0) is 14.8 Å². The van der Waals surface area contributed by atoms with E-state index in [1.807, 2.05) is 6.92 Å². The number of nitrogens with one attached hydrogen (secondary N) is 1. The Hall–Kier alpha value is -0.170. The van der Waals surface area contributed by atoms with E-state index in [0.29, 0.717) is 32.6 Å². The molecule has 0 aromatic carbocycles. The number of sulfonamides is 1. The highest BCUT2D eigenvalue weighted by Crippen LogP contribution is 2.13. The number of rotatable bonds is 7. The molecule has 0 unspecified atom stereocenters. The van der Waals surface area contributed by atoms with Gasteiger partial charge in [0.15, 0.2) is 0 Å². The maximum atomic E-state index is 11.6. The van der Waals surface area contributed by atoms with E-state index in [0.717, 1.165) is 6.42 Å². The van der Waals surface area contributed by atoms with Gasteiger partial charge in [0.2, 0.25) is 10.0 Å². The van der Waals surface area contributed by atoms with Gasteiger partial charge in [0.25, 0.3) is 0 Å². The van der Waals surface area contributed by atoms with Crippen molar-refractivity contribution in [2.24, 2.45) is 5.92 Å². The second-order valence-corrected chi connectivity index (χ2v) is 6.11. The van der Waals surface area contributed by atoms with Gasteiger partial charge in [-0.05, 0) is 25.2 Å². The molecule has 0 saturated carbocycles. The van der Waals surface area contributed by atoms with Crippen molar-refractivity contribution < 1.29 is 18.3 Å². The Bertz CT molecular complexity index is 285. The zero-order chi connectivity index (χ0) is 12.0. The van der Waals surface area contributed by atoms with Crippen LogP contribution in [0.4, 0.5) is 0 Å². The van der Waals surface area contributed by atoms with E-state index in [4.69, 9.17) is 4.74 Å². The zero-order valence-corrected chi connectivity index (χ0v) is 10.5. The van der Waals surface area contributed by atoms with Crippen LogP contribution in [0.1, 0.15) is 26.2 Å². The molecule has 0 amide bonds. The minimum atomic E-state index is -3.21. The third kappa shape index (κ3) is 5.25. The summed E-state index contributed by atoms with van der Waals surface area (Å²) in [4.78, 5) is 0. The summed E-state index contributed by atoms with van der Waals surface area (Å²) in [6, 6.07) is 0. The molecule has 0 radical (unpaired) electrons. The first-order chi connectivity index (χ1) is 7.53. The molecule has 6 heteroatoms. The molecule has 1 aliphatic heterocycles. The topological polar surface area (TPSA) is 75.6 Å². The molecule has 1 rings (SSSR count). The Kier molecular flexibility index (Phi) is 5.68. The lowest BCUT2D eigenvalue weighted by atomic mass is 10.2. The molecule has 1 heterocycles. The van der Waals surface area contributed by atoms with E-state index in [1.165, 1.54) is 0 Å². The van der Waals surface area contributed by atoms with E-state index in [9.17, 15) is 13.5 Å². The normalized spacial score (nSPS) is 23.5. The van der Waals surface area contributed by atoms with E-state index in [1.54, 1.807) is 0 Å². The Balaban J connectivity index is 2.23. The fourth-order valence-corrected chi connectivity index (χ4v) is 3.10. The first-order valence-corrected chi connectivity index (χ1v) is 7.42. The standard InChI is InChI=1S/C10H21NO4S/c1-2-10(12)3-5-11-16(13,14)8-9-4-6-15-7-9/h9-12H,2-8H2,1H3/t9-,10-/m1/s1. The minimum Gasteiger partial charge on any atom is -0.393 e. The van der Waals surface area contributed by atoms with Gasteiger partial charge in [-0.2, -0.15) is 0 Å². The van der Waals surface area contributed by atoms with Crippen molar-refractivity contribution in [3.8, 4) is 0 Å². The summed E-state index contributed by atoms with van der Waals surface area (Å²) in [5.74, 6) is 0.253. The van der Waals surface area contributed by atoms with E-state index in [-0.39, 0.29) is 11.7 Å². The summed E-state index contributed by atoms with van der Waals surface area (Å²) in [6.07, 6.45) is 1.52. The van der Waals surface area contributed by atoms with Crippen LogP contribution in [0.5, 0.6) is 0 Å². The van der Waals surface area contributed by atoms with Crippen molar-refractivity contribution in [3.05, 3.63) is 0 Å². The number of aliphatic hydroxyl groups excluding tert-OH is 1. The number of ether oxygens (including phenoxy) is 1. The van der Waals surface area contributed by atoms with Crippen molar-refractivity contribution in [2.45, 2.75) is 32.3 Å². The molecule has 1 saturated heterocycles. The van der Waals surface area contributed by atoms with Crippen molar-refractivity contribution in [1.29, 1.82) is 0 Å². The first kappa shape index (κ1) is 13.9. The Morgan fingerprint density at radius 1 is 1.56 bits per heavy atom. The van der Waals surface area contributed by atoms with E-state index in [2.05, 4.69) is 4.72 Å². The van der Waals surface area contributed by atoms with Gasteiger partial charge >= 0.3 is 0 Å². The summed E-state index contributed by atoms with van der Waals surface area (Å²) in [7, 11) is -3.21. The van der Waals surface area contributed by atoms with Gasteiger partial charge in [-0.25, -0.2) is 13.1 Å². The molecule has 1 fully saturated rings. The molecular formula is C10H21NO4S. The molecule has 2 N–H and O–H groups in total. The van der Waals surface area contributed by atoms with Crippen LogP contribution in [0.25, 0.3) is 0 Å². The summed E-state index contributed by atoms with van der Waals surface area (Å²) >= 11 is 0. The van der Waals surface area contributed by atoms with E-state index >= 15 is 0 Å². The maximum Gasteiger partial charge on any atom is 0.211 e. The summed E-state index contributed by atoms with van der Waals surface area (Å²) in [5, 5.41) is 9.28. The molecule has 2 atom stereocenters. The Morgan fingerprint density at radius 3 is 2.88 bits per heavy atom. The lowest BCUT2D eigenvalue weighted by Crippen LogP contribution is -2.32. The zero-order valence-electron chi connectivity index (χ0n) is 9.68. The monoisotopic (exact) mass is 251 g/mol. The fraction of sp³-hybridized carbons (Fsp3) is 1.00. The molecule has 16 heavy (non-hydrogen) atoms. The van der Waals surface area contributed by atoms with Crippen LogP contribution in [0.15, 0.2) is 0 Å². The highest BCUT2D eigenvalue weighted by molar-refractivity contribution is 7.89. The van der Waals surface area contributed by atoms with Crippen molar-refractivity contribution in [2.75, 3.05) is 25.5 Å². The number of hydrogen-bond donors (Lipinski definition) is 2. The Labute approximate surface area is 97.2 Å². The van der Waals surface area contributed by atoms with Crippen LogP contribution < -0.4 is 4.72 Å². The lowest BCUT2D eigenvalue weighted by molar-refractivity contribution is 0.162. The molecule has 1 aliphatic rings. The third-order valence-corrected chi connectivity index (χ3v) is 4.30. The highest BCUT2D eigenvalue weighted by Gasteiger charge is 2.22. The SMILES string of the molecule is CC[C@@H](O)CCNS(=O)(=O)C[C@@H]1CCOC1. The van der Waals surface area contributed by atoms with Crippen molar-refractivity contribution in [3.63, 3.8) is 0 Å². The second-order valence-electron chi connectivity index (χ2n) is 4.26. The quantitative estimate of drug-likeness (QED) is 0.673. The lowest BCUT2D eigenvalue weighted by Gasteiger charge is -2.11. The van der Waals surface area contributed by atoms with Crippen LogP contribution in [-0.4, -0.2) is 45.1 Å². The maximum absolute atomic E-state index is 11.6. The fourth-order valence-electron chi connectivity index (χ4n) is 1.67. The smallest absolute Gasteiger partial charge is 0.211 e. The summed E-state index contributed by atoms with van der Waals surface area (Å²) in [5.41, 5.74) is 0. The van der Waals surface area contributed by atoms with E-state index < -0.39 is 16.1 Å². The average molecular weight is 251 g/mol. The molecule has 0 bridgehead atoms. The molecule has 0 aliphatic carbocycles. The Morgan fingerprint density at radius 2 is 2.31 bits per heavy atom. The van der Waals surface area contributed by atoms with Gasteiger partial charge in [0.05, 0.1) is 18.5 Å². The predicted molar refractivity (Wildman–Crippen MR) is 61.6 cm³/mol. The van der Waals surface area contributed by atoms with Gasteiger partial charge in [-0.15, -0.1) is 0 Å². The van der Waals surface area contributed by atoms with Gasteiger partial charge < -0.3 is 9.84 Å². The molecular weight excluding hydrogens is 230 g/mol. The van der Waals surface area contributed by atoms with Crippen LogP contribution in [0, 0.1) is 5.92 Å². The highest BCUT2D eigenvalue weighted by atomic mass is 32.2. The van der Waals surface area contributed by atoms with Crippen molar-refractivity contribution >= 4 is 10.0 Å². The van der Waals surface area contributed by atoms with Gasteiger partial charge in [-0.1, -0.05) is 6.92 Å². The van der Waals surface area contributed by atoms with Crippen LogP contribution in [0.3, 0.4) is 0 Å².